The molecule has 0 saturated carbocycles. The van der Waals surface area contributed by atoms with Gasteiger partial charge in [-0.2, -0.15) is 4.31 Å². The highest BCUT2D eigenvalue weighted by Crippen LogP contribution is 2.32. The van der Waals surface area contributed by atoms with E-state index in [4.69, 9.17) is 21.5 Å². The first-order valence-electron chi connectivity index (χ1n) is 8.12. The van der Waals surface area contributed by atoms with Crippen molar-refractivity contribution in [2.24, 2.45) is 0 Å². The molecule has 0 spiro atoms. The van der Waals surface area contributed by atoms with Gasteiger partial charge in [-0.15, -0.1) is 0 Å². The Morgan fingerprint density at radius 2 is 1.93 bits per heavy atom. The van der Waals surface area contributed by atoms with Gasteiger partial charge in [0.15, 0.2) is 0 Å². The SMILES string of the molecule is O=C(NO)[C@H]1CNCCN1S(=O)(=O)c1ccccc1Oc1ccc(Cl)cc1. The molecule has 1 amide bonds. The summed E-state index contributed by atoms with van der Waals surface area (Å²) in [6, 6.07) is 11.6. The number of sulfonamides is 1. The summed E-state index contributed by atoms with van der Waals surface area (Å²) < 4.78 is 33.2. The van der Waals surface area contributed by atoms with E-state index in [-0.39, 0.29) is 23.7 Å². The maximum Gasteiger partial charge on any atom is 0.263 e. The normalized spacial score (nSPS) is 18.1. The van der Waals surface area contributed by atoms with Gasteiger partial charge in [0.2, 0.25) is 10.0 Å². The Kier molecular flexibility index (Phi) is 5.98. The van der Waals surface area contributed by atoms with Crippen molar-refractivity contribution in [3.8, 4) is 11.5 Å². The largest absolute Gasteiger partial charge is 0.456 e. The molecule has 0 unspecified atom stereocenters. The van der Waals surface area contributed by atoms with Crippen molar-refractivity contribution < 1.29 is 23.2 Å². The summed E-state index contributed by atoms with van der Waals surface area (Å²) in [5, 5.41) is 12.4. The number of ether oxygens (including phenoxy) is 1. The van der Waals surface area contributed by atoms with Crippen molar-refractivity contribution in [3.05, 3.63) is 53.6 Å². The number of hydrogen-bond acceptors (Lipinski definition) is 6. The molecular weight excluding hydrogens is 394 g/mol. The zero-order valence-electron chi connectivity index (χ0n) is 14.1. The van der Waals surface area contributed by atoms with Crippen molar-refractivity contribution in [1.82, 2.24) is 15.1 Å². The molecule has 3 rings (SSSR count). The number of hydrogen-bond donors (Lipinski definition) is 3. The van der Waals surface area contributed by atoms with Crippen LogP contribution in [0.25, 0.3) is 0 Å². The molecule has 1 aliphatic rings. The number of rotatable bonds is 5. The van der Waals surface area contributed by atoms with Gasteiger partial charge in [-0.25, -0.2) is 13.9 Å². The predicted molar refractivity (Wildman–Crippen MR) is 98.4 cm³/mol. The summed E-state index contributed by atoms with van der Waals surface area (Å²) in [6.45, 7) is 0.552. The van der Waals surface area contributed by atoms with Crippen molar-refractivity contribution >= 4 is 27.5 Å². The summed E-state index contributed by atoms with van der Waals surface area (Å²) in [6.07, 6.45) is 0. The Labute approximate surface area is 161 Å². The van der Waals surface area contributed by atoms with E-state index in [1.54, 1.807) is 36.4 Å². The summed E-state index contributed by atoms with van der Waals surface area (Å²) in [5.41, 5.74) is 1.52. The molecule has 2 aromatic carbocycles. The van der Waals surface area contributed by atoms with E-state index in [0.717, 1.165) is 4.31 Å². The number of halogens is 1. The van der Waals surface area contributed by atoms with Gasteiger partial charge < -0.3 is 10.1 Å². The summed E-state index contributed by atoms with van der Waals surface area (Å²) in [4.78, 5) is 11.8. The van der Waals surface area contributed by atoms with Crippen LogP contribution in [0.4, 0.5) is 0 Å². The fourth-order valence-corrected chi connectivity index (χ4v) is 4.60. The van der Waals surface area contributed by atoms with E-state index in [9.17, 15) is 13.2 Å². The molecule has 0 aromatic heterocycles. The minimum absolute atomic E-state index is 0.0717. The third-order valence-corrected chi connectivity index (χ3v) is 6.28. The fraction of sp³-hybridized carbons (Fsp3) is 0.235. The second-order valence-corrected chi connectivity index (χ2v) is 8.11. The molecule has 2 aromatic rings. The minimum atomic E-state index is -4.05. The Bertz CT molecular complexity index is 920. The smallest absolute Gasteiger partial charge is 0.263 e. The van der Waals surface area contributed by atoms with E-state index in [1.165, 1.54) is 17.6 Å². The van der Waals surface area contributed by atoms with Crippen LogP contribution in [-0.2, 0) is 14.8 Å². The zero-order chi connectivity index (χ0) is 19.4. The van der Waals surface area contributed by atoms with Gasteiger partial charge in [-0.1, -0.05) is 23.7 Å². The van der Waals surface area contributed by atoms with Crippen LogP contribution in [0.3, 0.4) is 0 Å². The second-order valence-electron chi connectivity index (χ2n) is 5.81. The number of amides is 1. The highest BCUT2D eigenvalue weighted by atomic mass is 35.5. The molecule has 0 radical (unpaired) electrons. The molecule has 1 atom stereocenters. The number of nitrogens with one attached hydrogen (secondary N) is 2. The highest BCUT2D eigenvalue weighted by Gasteiger charge is 2.39. The van der Waals surface area contributed by atoms with E-state index in [1.807, 2.05) is 0 Å². The number of nitrogens with zero attached hydrogens (tertiary/aromatic N) is 1. The van der Waals surface area contributed by atoms with Gasteiger partial charge >= 0.3 is 0 Å². The maximum absolute atomic E-state index is 13.2. The van der Waals surface area contributed by atoms with Crippen LogP contribution >= 0.6 is 11.6 Å². The van der Waals surface area contributed by atoms with Gasteiger partial charge in [0.05, 0.1) is 0 Å². The van der Waals surface area contributed by atoms with Crippen LogP contribution < -0.4 is 15.5 Å². The molecule has 1 aliphatic heterocycles. The van der Waals surface area contributed by atoms with Gasteiger partial charge in [0, 0.05) is 24.7 Å². The van der Waals surface area contributed by atoms with E-state index in [2.05, 4.69) is 5.32 Å². The number of para-hydroxylation sites is 1. The average Bonchev–Trinajstić information content (AvgIpc) is 2.69. The topological polar surface area (TPSA) is 108 Å². The van der Waals surface area contributed by atoms with Crippen LogP contribution in [0, 0.1) is 0 Å². The van der Waals surface area contributed by atoms with E-state index >= 15 is 0 Å². The average molecular weight is 412 g/mol. The molecule has 10 heteroatoms. The second kappa shape index (κ2) is 8.24. The molecule has 27 heavy (non-hydrogen) atoms. The molecule has 1 fully saturated rings. The lowest BCUT2D eigenvalue weighted by Gasteiger charge is -2.33. The Morgan fingerprint density at radius 1 is 1.22 bits per heavy atom. The minimum Gasteiger partial charge on any atom is -0.456 e. The highest BCUT2D eigenvalue weighted by molar-refractivity contribution is 7.89. The third-order valence-electron chi connectivity index (χ3n) is 4.08. The van der Waals surface area contributed by atoms with Crippen molar-refractivity contribution in [1.29, 1.82) is 0 Å². The van der Waals surface area contributed by atoms with Crippen LogP contribution in [0.5, 0.6) is 11.5 Å². The lowest BCUT2D eigenvalue weighted by molar-refractivity contribution is -0.133. The zero-order valence-corrected chi connectivity index (χ0v) is 15.7. The van der Waals surface area contributed by atoms with Crippen molar-refractivity contribution in [2.75, 3.05) is 19.6 Å². The predicted octanol–water partition coefficient (Wildman–Crippen LogP) is 1.60. The van der Waals surface area contributed by atoms with Crippen LogP contribution in [0.15, 0.2) is 53.4 Å². The van der Waals surface area contributed by atoms with Crippen LogP contribution in [0.2, 0.25) is 5.02 Å². The maximum atomic E-state index is 13.2. The number of carbonyl (C=O) groups is 1. The fourth-order valence-electron chi connectivity index (χ4n) is 2.77. The van der Waals surface area contributed by atoms with E-state index in [0.29, 0.717) is 17.3 Å². The third kappa shape index (κ3) is 4.23. The lowest BCUT2D eigenvalue weighted by atomic mass is 10.2. The quantitative estimate of drug-likeness (QED) is 0.509. The Balaban J connectivity index is 1.96. The number of piperazine rings is 1. The summed E-state index contributed by atoms with van der Waals surface area (Å²) in [5.74, 6) is -0.254. The van der Waals surface area contributed by atoms with E-state index < -0.39 is 22.0 Å². The monoisotopic (exact) mass is 411 g/mol. The van der Waals surface area contributed by atoms with Gasteiger partial charge in [0.25, 0.3) is 5.91 Å². The standard InChI is InChI=1S/C17H18ClN3O5S/c18-12-5-7-13(8-6-12)26-15-3-1-2-4-16(15)27(24,25)21-10-9-19-11-14(21)17(22)20-23/h1-8,14,19,23H,9-11H2,(H,20,22)/t14-/m1/s1. The van der Waals surface area contributed by atoms with Crippen molar-refractivity contribution in [2.45, 2.75) is 10.9 Å². The van der Waals surface area contributed by atoms with Gasteiger partial charge in [0.1, 0.15) is 22.4 Å². The van der Waals surface area contributed by atoms with Crippen LogP contribution in [0.1, 0.15) is 0 Å². The molecule has 144 valence electrons. The Hall–Kier alpha value is -2.17. The molecule has 1 heterocycles. The first-order valence-corrected chi connectivity index (χ1v) is 9.94. The molecule has 3 N–H and O–H groups in total. The molecule has 0 bridgehead atoms. The molecular formula is C17H18ClN3O5S. The lowest BCUT2D eigenvalue weighted by Crippen LogP contribution is -2.59. The molecule has 8 nitrogen and oxygen atoms in total. The number of carbonyl (C=O) groups excluding carboxylic acids is 1. The summed E-state index contributed by atoms with van der Waals surface area (Å²) >= 11 is 5.86. The Morgan fingerprint density at radius 3 is 2.63 bits per heavy atom. The molecule has 0 aliphatic carbocycles. The first kappa shape index (κ1) is 19.6. The van der Waals surface area contributed by atoms with Crippen LogP contribution in [-0.4, -0.2) is 49.5 Å². The number of benzene rings is 2. The van der Waals surface area contributed by atoms with Gasteiger partial charge in [-0.3, -0.25) is 10.0 Å². The summed E-state index contributed by atoms with van der Waals surface area (Å²) in [7, 11) is -4.05. The van der Waals surface area contributed by atoms with Crippen molar-refractivity contribution in [3.63, 3.8) is 0 Å². The number of hydroxylamine groups is 1. The van der Waals surface area contributed by atoms with Gasteiger partial charge in [-0.05, 0) is 36.4 Å². The first-order chi connectivity index (χ1) is 12.9. The molecule has 1 saturated heterocycles.